The number of para-hydroxylation sites is 2. The minimum atomic E-state index is 0.557. The molecule has 260 valence electrons. The van der Waals surface area contributed by atoms with Crippen molar-refractivity contribution in [2.24, 2.45) is 0 Å². The predicted molar refractivity (Wildman–Crippen MR) is 224 cm³/mol. The van der Waals surface area contributed by atoms with Gasteiger partial charge < -0.3 is 8.83 Å². The molecule has 0 spiro atoms. The molecule has 0 aliphatic heterocycles. The van der Waals surface area contributed by atoms with Crippen LogP contribution in [0.3, 0.4) is 0 Å². The van der Waals surface area contributed by atoms with E-state index in [4.69, 9.17) is 23.8 Å². The van der Waals surface area contributed by atoms with Crippen LogP contribution in [0.1, 0.15) is 5.56 Å². The standard InChI is InChI=1S/C50H28N4O2/c51-29-30-21-23-31(24-22-30)35-13-6-16-38-36(14-7-15-37(35)38)32-9-5-10-33(27-32)48-52-49(34-25-26-45-42(28-34)39-11-1-3-18-43(39)55-45)54-50(53-48)41-17-8-20-46-47(41)40-12-2-4-19-44(40)56-46/h1-28H. The van der Waals surface area contributed by atoms with Gasteiger partial charge in [-0.05, 0) is 87.6 Å². The van der Waals surface area contributed by atoms with E-state index in [-0.39, 0.29) is 0 Å². The number of benzene rings is 8. The molecule has 0 radical (unpaired) electrons. The van der Waals surface area contributed by atoms with Gasteiger partial charge in [0.1, 0.15) is 22.3 Å². The first-order valence-electron chi connectivity index (χ1n) is 18.4. The third-order valence-corrected chi connectivity index (χ3v) is 10.6. The lowest BCUT2D eigenvalue weighted by atomic mass is 9.92. The Hall–Kier alpha value is -7.88. The second-order valence-electron chi connectivity index (χ2n) is 13.9. The van der Waals surface area contributed by atoms with Crippen LogP contribution in [0.15, 0.2) is 179 Å². The van der Waals surface area contributed by atoms with Gasteiger partial charge in [-0.1, -0.05) is 115 Å². The highest BCUT2D eigenvalue weighted by atomic mass is 16.3. The Labute approximate surface area is 320 Å². The first-order valence-corrected chi connectivity index (χ1v) is 18.4. The first kappa shape index (κ1) is 31.6. The van der Waals surface area contributed by atoms with Crippen molar-refractivity contribution in [3.05, 3.63) is 175 Å². The fraction of sp³-hybridized carbons (Fsp3) is 0. The minimum absolute atomic E-state index is 0.557. The van der Waals surface area contributed by atoms with Crippen LogP contribution in [-0.2, 0) is 0 Å². The molecule has 0 unspecified atom stereocenters. The largest absolute Gasteiger partial charge is 0.456 e. The zero-order valence-corrected chi connectivity index (χ0v) is 29.8. The molecule has 0 fully saturated rings. The van der Waals surface area contributed by atoms with Crippen molar-refractivity contribution in [2.45, 2.75) is 0 Å². The summed E-state index contributed by atoms with van der Waals surface area (Å²) < 4.78 is 12.4. The van der Waals surface area contributed by atoms with E-state index in [2.05, 4.69) is 91.0 Å². The number of nitriles is 1. The van der Waals surface area contributed by atoms with Gasteiger partial charge in [0.05, 0.1) is 11.6 Å². The summed E-state index contributed by atoms with van der Waals surface area (Å²) in [6, 6.07) is 59.4. The van der Waals surface area contributed by atoms with Gasteiger partial charge in [-0.15, -0.1) is 0 Å². The van der Waals surface area contributed by atoms with Crippen LogP contribution in [0.25, 0.3) is 111 Å². The Morgan fingerprint density at radius 2 is 0.875 bits per heavy atom. The first-order chi connectivity index (χ1) is 27.7. The summed E-state index contributed by atoms with van der Waals surface area (Å²) in [6.45, 7) is 0. The molecule has 6 heteroatoms. The third kappa shape index (κ3) is 5.14. The molecule has 56 heavy (non-hydrogen) atoms. The van der Waals surface area contributed by atoms with Crippen molar-refractivity contribution in [2.75, 3.05) is 0 Å². The second kappa shape index (κ2) is 12.6. The van der Waals surface area contributed by atoms with Gasteiger partial charge in [-0.3, -0.25) is 0 Å². The van der Waals surface area contributed by atoms with Gasteiger partial charge in [0.2, 0.25) is 0 Å². The molecule has 0 bridgehead atoms. The zero-order valence-electron chi connectivity index (χ0n) is 29.8. The number of fused-ring (bicyclic) bond motifs is 7. The number of hydrogen-bond donors (Lipinski definition) is 0. The highest BCUT2D eigenvalue weighted by molar-refractivity contribution is 6.12. The Balaban J connectivity index is 1.10. The predicted octanol–water partition coefficient (Wildman–Crippen LogP) is 13.0. The smallest absolute Gasteiger partial charge is 0.164 e. The van der Waals surface area contributed by atoms with Crippen LogP contribution < -0.4 is 0 Å². The molecule has 0 aliphatic carbocycles. The molecule has 0 amide bonds. The summed E-state index contributed by atoms with van der Waals surface area (Å²) in [5, 5.41) is 15.6. The van der Waals surface area contributed by atoms with E-state index in [9.17, 15) is 5.26 Å². The molecule has 6 nitrogen and oxygen atoms in total. The Bertz CT molecular complexity index is 3390. The van der Waals surface area contributed by atoms with Crippen LogP contribution in [0.4, 0.5) is 0 Å². The fourth-order valence-electron chi connectivity index (χ4n) is 7.94. The van der Waals surface area contributed by atoms with E-state index in [1.54, 1.807) is 0 Å². The van der Waals surface area contributed by atoms with Gasteiger partial charge >= 0.3 is 0 Å². The summed E-state index contributed by atoms with van der Waals surface area (Å²) in [5.74, 6) is 1.68. The summed E-state index contributed by atoms with van der Waals surface area (Å²) in [4.78, 5) is 15.5. The van der Waals surface area contributed by atoms with Crippen molar-refractivity contribution in [1.82, 2.24) is 15.0 Å². The molecule has 0 saturated carbocycles. The fourth-order valence-corrected chi connectivity index (χ4v) is 7.94. The number of nitrogens with zero attached hydrogens (tertiary/aromatic N) is 4. The SMILES string of the molecule is N#Cc1ccc(-c2cccc3c(-c4cccc(-c5nc(-c6ccc7oc8ccccc8c7c6)nc(-c6cccc7oc8ccccc8c67)n5)c4)cccc23)cc1. The van der Waals surface area contributed by atoms with Crippen molar-refractivity contribution < 1.29 is 8.83 Å². The molecule has 11 rings (SSSR count). The van der Waals surface area contributed by atoms with Crippen LogP contribution >= 0.6 is 0 Å². The van der Waals surface area contributed by atoms with Gasteiger partial charge in [0.15, 0.2) is 17.5 Å². The number of aromatic nitrogens is 3. The number of rotatable bonds is 5. The van der Waals surface area contributed by atoms with Crippen LogP contribution in [0.2, 0.25) is 0 Å². The summed E-state index contributed by atoms with van der Waals surface area (Å²) in [5.41, 5.74) is 10.8. The Morgan fingerprint density at radius 3 is 1.64 bits per heavy atom. The lowest BCUT2D eigenvalue weighted by molar-refractivity contribution is 0.668. The lowest BCUT2D eigenvalue weighted by Gasteiger charge is -2.13. The average molecular weight is 717 g/mol. The van der Waals surface area contributed by atoms with Crippen molar-refractivity contribution in [3.63, 3.8) is 0 Å². The maximum absolute atomic E-state index is 9.35. The van der Waals surface area contributed by atoms with E-state index < -0.39 is 0 Å². The maximum atomic E-state index is 9.35. The average Bonchev–Trinajstić information content (AvgIpc) is 3.84. The number of furan rings is 2. The van der Waals surface area contributed by atoms with Gasteiger partial charge in [0.25, 0.3) is 0 Å². The zero-order chi connectivity index (χ0) is 37.2. The summed E-state index contributed by atoms with van der Waals surface area (Å²) >= 11 is 0. The molecule has 0 saturated heterocycles. The van der Waals surface area contributed by atoms with Crippen LogP contribution in [0, 0.1) is 11.3 Å². The Morgan fingerprint density at radius 1 is 0.357 bits per heavy atom. The van der Waals surface area contributed by atoms with Crippen LogP contribution in [-0.4, -0.2) is 15.0 Å². The normalized spacial score (nSPS) is 11.6. The van der Waals surface area contributed by atoms with E-state index >= 15 is 0 Å². The van der Waals surface area contributed by atoms with E-state index in [0.29, 0.717) is 23.0 Å². The molecular weight excluding hydrogens is 689 g/mol. The van der Waals surface area contributed by atoms with Gasteiger partial charge in [-0.2, -0.15) is 5.26 Å². The topological polar surface area (TPSA) is 88.7 Å². The molecular formula is C50H28N4O2. The van der Waals surface area contributed by atoms with Crippen LogP contribution in [0.5, 0.6) is 0 Å². The molecule has 3 heterocycles. The molecule has 0 N–H and O–H groups in total. The van der Waals surface area contributed by atoms with Crippen molar-refractivity contribution >= 4 is 54.6 Å². The maximum Gasteiger partial charge on any atom is 0.164 e. The minimum Gasteiger partial charge on any atom is -0.456 e. The third-order valence-electron chi connectivity index (χ3n) is 10.6. The highest BCUT2D eigenvalue weighted by Crippen LogP contribution is 2.39. The molecule has 0 aliphatic rings. The molecule has 0 atom stereocenters. The van der Waals surface area contributed by atoms with Crippen molar-refractivity contribution in [3.8, 4) is 62.5 Å². The summed E-state index contributed by atoms with van der Waals surface area (Å²) in [6.07, 6.45) is 0. The lowest BCUT2D eigenvalue weighted by Crippen LogP contribution is -2.00. The monoisotopic (exact) mass is 716 g/mol. The number of hydrogen-bond acceptors (Lipinski definition) is 6. The summed E-state index contributed by atoms with van der Waals surface area (Å²) in [7, 11) is 0. The molecule has 8 aromatic carbocycles. The van der Waals surface area contributed by atoms with Gasteiger partial charge in [0, 0.05) is 38.2 Å². The highest BCUT2D eigenvalue weighted by Gasteiger charge is 2.19. The van der Waals surface area contributed by atoms with Crippen molar-refractivity contribution in [1.29, 1.82) is 5.26 Å². The van der Waals surface area contributed by atoms with Gasteiger partial charge in [-0.25, -0.2) is 15.0 Å². The molecule has 11 aromatic rings. The quantitative estimate of drug-likeness (QED) is 0.176. The molecule has 3 aromatic heterocycles. The van der Waals surface area contributed by atoms with E-state index in [1.165, 1.54) is 0 Å². The Kier molecular flexibility index (Phi) is 7.13. The van der Waals surface area contributed by atoms with E-state index in [1.807, 2.05) is 84.9 Å². The van der Waals surface area contributed by atoms with E-state index in [0.717, 1.165) is 93.6 Å². The second-order valence-corrected chi connectivity index (χ2v) is 13.9.